The first kappa shape index (κ1) is 52.5. The molecule has 5 bridgehead atoms. The Hall–Kier alpha value is -7.43. The van der Waals surface area contributed by atoms with Crippen molar-refractivity contribution in [1.82, 2.24) is 0 Å². The highest BCUT2D eigenvalue weighted by Crippen LogP contribution is 2.57. The van der Waals surface area contributed by atoms with Crippen LogP contribution in [0.5, 0.6) is 34.5 Å². The summed E-state index contributed by atoms with van der Waals surface area (Å²) in [5, 5.41) is 73.7. The van der Waals surface area contributed by atoms with Crippen molar-refractivity contribution in [1.29, 1.82) is 0 Å². The van der Waals surface area contributed by atoms with Crippen LogP contribution in [-0.4, -0.2) is 112 Å². The number of nitrogens with one attached hydrogen (secondary N) is 2. The number of anilines is 2. The summed E-state index contributed by atoms with van der Waals surface area (Å²) in [7, 11) is 3.73. The van der Waals surface area contributed by atoms with Gasteiger partial charge in [-0.15, -0.1) is 0 Å². The van der Waals surface area contributed by atoms with Crippen LogP contribution in [0.25, 0.3) is 10.8 Å². The third-order valence-electron chi connectivity index (χ3n) is 12.3. The number of nitro benzene ring substituents is 1. The van der Waals surface area contributed by atoms with E-state index in [9.17, 15) is 59.6 Å². The fourth-order valence-electron chi connectivity index (χ4n) is 8.29. The van der Waals surface area contributed by atoms with Gasteiger partial charge in [0.2, 0.25) is 0 Å². The number of methoxy groups -OCH3 is 3. The van der Waals surface area contributed by atoms with E-state index in [0.717, 1.165) is 18.4 Å². The lowest BCUT2D eigenvalue weighted by atomic mass is 9.78. The molecular formula is C47H55N3O19. The van der Waals surface area contributed by atoms with Crippen LogP contribution < -0.4 is 24.8 Å². The molecule has 22 heteroatoms. The number of fused-ring (bicyclic) bond motifs is 14. The topological polar surface area (TPSA) is 318 Å². The van der Waals surface area contributed by atoms with Gasteiger partial charge in [-0.1, -0.05) is 45.9 Å². The van der Waals surface area contributed by atoms with Crippen molar-refractivity contribution in [3.63, 3.8) is 0 Å². The molecule has 0 spiro atoms. The molecule has 3 aromatic carbocycles. The second-order valence-corrected chi connectivity index (χ2v) is 16.9. The SMILES string of the molecule is COc1cc(C(=O)OC(=O)Nc2c3c(O)c4c(O)c(C)c5c(c4c2O)C(=O)[C@@](C)(O/C=C/[C@H](OC)[C@@H](C)[C@@H](OC(C)=O)[C@H](C)[C@H](O)[C@H](C)[C@@H](O)[C@@H](C)/C=C/C=C(/C)C(=O)N3)O5)c([N+](=O)[O-])cc1OC. The molecule has 0 fully saturated rings. The number of ether oxygens (including phenoxy) is 7. The van der Waals surface area contributed by atoms with Gasteiger partial charge in [0.1, 0.15) is 40.3 Å². The monoisotopic (exact) mass is 965 g/mol. The molecule has 3 aliphatic heterocycles. The number of hydrogen-bond acceptors (Lipinski definition) is 19. The Kier molecular flexibility index (Phi) is 15.9. The Balaban J connectivity index is 1.71. The van der Waals surface area contributed by atoms with Gasteiger partial charge in [-0.25, -0.2) is 9.59 Å². The predicted octanol–water partition coefficient (Wildman–Crippen LogP) is 6.07. The van der Waals surface area contributed by atoms with Gasteiger partial charge in [0, 0.05) is 67.2 Å². The molecule has 0 unspecified atom stereocenters. The maximum atomic E-state index is 14.5. The summed E-state index contributed by atoms with van der Waals surface area (Å²) in [6.07, 6.45) is 0.707. The van der Waals surface area contributed by atoms with Gasteiger partial charge in [0.05, 0.1) is 60.7 Å². The van der Waals surface area contributed by atoms with Crippen molar-refractivity contribution in [2.24, 2.45) is 23.7 Å². The number of esters is 2. The van der Waals surface area contributed by atoms with E-state index in [-0.39, 0.29) is 28.4 Å². The molecule has 3 aliphatic rings. The van der Waals surface area contributed by atoms with E-state index < -0.39 is 145 Å². The Bertz CT molecular complexity index is 2680. The number of Topliss-reactive ketones (excluding diaryl/α,β-unsaturated/α-hetero) is 1. The largest absolute Gasteiger partial charge is 0.507 e. The van der Waals surface area contributed by atoms with Crippen molar-refractivity contribution in [3.05, 3.63) is 75.1 Å². The number of phenolic OH excluding ortho intramolecular Hbond substituents is 3. The van der Waals surface area contributed by atoms with Crippen molar-refractivity contribution in [3.8, 4) is 34.5 Å². The van der Waals surface area contributed by atoms with Crippen LogP contribution in [0.15, 0.2) is 48.3 Å². The minimum absolute atomic E-state index is 0.0719. The van der Waals surface area contributed by atoms with Gasteiger partial charge in [-0.05, 0) is 19.9 Å². The summed E-state index contributed by atoms with van der Waals surface area (Å²) in [6, 6.07) is 1.73. The number of aliphatic hydroxyl groups is 2. The molecule has 0 saturated carbocycles. The predicted molar refractivity (Wildman–Crippen MR) is 244 cm³/mol. The van der Waals surface area contributed by atoms with E-state index in [1.165, 1.54) is 67.3 Å². The van der Waals surface area contributed by atoms with Crippen LogP contribution in [0.3, 0.4) is 0 Å². The van der Waals surface area contributed by atoms with Gasteiger partial charge in [-0.3, -0.25) is 29.8 Å². The number of carbonyl (C=O) groups is 5. The van der Waals surface area contributed by atoms with E-state index in [4.69, 9.17) is 33.2 Å². The number of carbonyl (C=O) groups excluding carboxylic acids is 5. The number of ketones is 1. The highest BCUT2D eigenvalue weighted by atomic mass is 16.7. The summed E-state index contributed by atoms with van der Waals surface area (Å²) >= 11 is 0. The van der Waals surface area contributed by atoms with E-state index in [1.54, 1.807) is 33.8 Å². The Morgan fingerprint density at radius 2 is 1.52 bits per heavy atom. The van der Waals surface area contributed by atoms with Crippen LogP contribution in [0.2, 0.25) is 0 Å². The molecule has 22 nitrogen and oxygen atoms in total. The number of hydrogen-bond donors (Lipinski definition) is 7. The van der Waals surface area contributed by atoms with Crippen LogP contribution in [-0.2, 0) is 28.5 Å². The third kappa shape index (κ3) is 10.2. The zero-order valence-electron chi connectivity index (χ0n) is 39.6. The van der Waals surface area contributed by atoms with Gasteiger partial charge in [0.25, 0.3) is 17.4 Å². The van der Waals surface area contributed by atoms with Gasteiger partial charge < -0.3 is 64.0 Å². The normalized spacial score (nSPS) is 26.9. The highest BCUT2D eigenvalue weighted by molar-refractivity contribution is 6.24. The molecular weight excluding hydrogens is 911 g/mol. The number of amides is 2. The molecule has 69 heavy (non-hydrogen) atoms. The van der Waals surface area contributed by atoms with Gasteiger partial charge >= 0.3 is 23.8 Å². The lowest BCUT2D eigenvalue weighted by Crippen LogP contribution is -2.46. The lowest BCUT2D eigenvalue weighted by molar-refractivity contribution is -0.385. The smallest absolute Gasteiger partial charge is 0.419 e. The van der Waals surface area contributed by atoms with E-state index in [0.29, 0.717) is 0 Å². The van der Waals surface area contributed by atoms with Crippen molar-refractivity contribution >= 4 is 57.6 Å². The third-order valence-corrected chi connectivity index (χ3v) is 12.3. The minimum atomic E-state index is -2.27. The van der Waals surface area contributed by atoms with Gasteiger partial charge in [0.15, 0.2) is 17.2 Å². The molecule has 0 aromatic heterocycles. The standard InChI is InChI=1S/C47H55N3O19/c1-19-13-12-14-20(2)44(58)48-34-35(49-46(60)68-45(59)26-17-29(64-10)30(65-11)18-27(26)50(61)62)39(55)31-32(40(34)56)38(54)24(6)42-33(31)43(57)47(8,69-42)66-16-15-28(63-9)21(3)41(67-25(7)51)23(5)37(53)22(4)36(19)52/h12-19,21-23,28,36-37,41,52-56H,1-11H3,(H,48,58)(H,49,60)/b13-12+,16-15+,20-14-/t19-,21+,22+,23+,28-,36-,37+,41+,47-/m0/s1. The number of aliphatic hydroxyl groups excluding tert-OH is 2. The zero-order chi connectivity index (χ0) is 51.6. The van der Waals surface area contributed by atoms with Crippen molar-refractivity contribution in [2.75, 3.05) is 32.0 Å². The molecule has 372 valence electrons. The maximum absolute atomic E-state index is 14.5. The average molecular weight is 966 g/mol. The molecule has 0 saturated heterocycles. The van der Waals surface area contributed by atoms with Crippen LogP contribution in [0.4, 0.5) is 21.9 Å². The number of phenols is 3. The number of nitro groups is 1. The number of nitrogens with zero attached hydrogens (tertiary/aromatic N) is 1. The summed E-state index contributed by atoms with van der Waals surface area (Å²) < 4.78 is 38.5. The fourth-order valence-corrected chi connectivity index (χ4v) is 8.29. The number of benzene rings is 3. The summed E-state index contributed by atoms with van der Waals surface area (Å²) in [4.78, 5) is 78.7. The molecule has 0 aliphatic carbocycles. The minimum Gasteiger partial charge on any atom is -0.507 e. The highest BCUT2D eigenvalue weighted by Gasteiger charge is 2.50. The quantitative estimate of drug-likeness (QED) is 0.0353. The molecule has 9 atom stereocenters. The number of rotatable bonds is 7. The summed E-state index contributed by atoms with van der Waals surface area (Å²) in [5.41, 5.74) is -4.00. The summed E-state index contributed by atoms with van der Waals surface area (Å²) in [5.74, 6) is -12.9. The van der Waals surface area contributed by atoms with Crippen molar-refractivity contribution in [2.45, 2.75) is 85.6 Å². The molecule has 0 radical (unpaired) electrons. The van der Waals surface area contributed by atoms with Crippen LogP contribution in [0, 0.1) is 40.7 Å². The molecule has 7 N–H and O–H groups in total. The number of aromatic hydroxyl groups is 3. The van der Waals surface area contributed by atoms with E-state index >= 15 is 0 Å². The van der Waals surface area contributed by atoms with E-state index in [2.05, 4.69) is 10.6 Å². The molecule has 3 aromatic rings. The first-order valence-corrected chi connectivity index (χ1v) is 21.4. The van der Waals surface area contributed by atoms with Crippen LogP contribution in [0.1, 0.15) is 74.7 Å². The van der Waals surface area contributed by atoms with Gasteiger partial charge in [-0.2, -0.15) is 0 Å². The Morgan fingerprint density at radius 3 is 2.12 bits per heavy atom. The zero-order valence-corrected chi connectivity index (χ0v) is 39.6. The summed E-state index contributed by atoms with van der Waals surface area (Å²) in [6.45, 7) is 11.7. The second kappa shape index (κ2) is 20.8. The first-order valence-electron chi connectivity index (χ1n) is 21.4. The Labute approximate surface area is 395 Å². The van der Waals surface area contributed by atoms with Crippen molar-refractivity contribution < 1.29 is 87.6 Å². The lowest BCUT2D eigenvalue weighted by Gasteiger charge is -2.38. The Morgan fingerprint density at radius 1 is 0.884 bits per heavy atom. The molecule has 6 rings (SSSR count). The first-order chi connectivity index (χ1) is 32.3. The maximum Gasteiger partial charge on any atom is 0.419 e. The second-order valence-electron chi connectivity index (χ2n) is 16.9. The fraction of sp³-hybridized carbons (Fsp3) is 0.426. The van der Waals surface area contributed by atoms with Crippen LogP contribution >= 0.6 is 0 Å². The number of allylic oxidation sites excluding steroid dienone is 2. The average Bonchev–Trinajstić information content (AvgIpc) is 3.57. The van der Waals surface area contributed by atoms with E-state index in [1.807, 2.05) is 0 Å². The molecule has 3 heterocycles. The molecule has 2 amide bonds.